The molecule has 18 heavy (non-hydrogen) atoms. The highest BCUT2D eigenvalue weighted by molar-refractivity contribution is 5.93. The summed E-state index contributed by atoms with van der Waals surface area (Å²) in [7, 11) is 1.64. The summed E-state index contributed by atoms with van der Waals surface area (Å²) in [5.41, 5.74) is 2.55. The number of para-hydroxylation sites is 1. The molecule has 4 nitrogen and oxygen atoms in total. The summed E-state index contributed by atoms with van der Waals surface area (Å²) in [4.78, 5) is 11.9. The Labute approximate surface area is 106 Å². The Morgan fingerprint density at radius 3 is 2.67 bits per heavy atom. The smallest absolute Gasteiger partial charge is 0.269 e. The molecule has 4 heteroatoms. The minimum atomic E-state index is -0.0988. The molecule has 1 fully saturated rings. The Morgan fingerprint density at radius 2 is 2.06 bits per heavy atom. The van der Waals surface area contributed by atoms with Gasteiger partial charge in [-0.2, -0.15) is 5.10 Å². The van der Waals surface area contributed by atoms with Gasteiger partial charge >= 0.3 is 0 Å². The maximum Gasteiger partial charge on any atom is 0.269 e. The number of rotatable bonds is 3. The third-order valence-electron chi connectivity index (χ3n) is 3.18. The second-order valence-corrected chi connectivity index (χ2v) is 4.56. The van der Waals surface area contributed by atoms with Gasteiger partial charge in [-0.05, 0) is 31.0 Å². The first-order chi connectivity index (χ1) is 8.79. The predicted molar refractivity (Wildman–Crippen MR) is 68.9 cm³/mol. The zero-order chi connectivity index (χ0) is 12.5. The van der Waals surface area contributed by atoms with E-state index in [-0.39, 0.29) is 5.91 Å². The normalized spacial score (nSPS) is 14.5. The lowest BCUT2D eigenvalue weighted by molar-refractivity contribution is 0.0955. The van der Waals surface area contributed by atoms with E-state index in [1.165, 1.54) is 12.8 Å². The molecule has 1 saturated carbocycles. The van der Waals surface area contributed by atoms with Crippen molar-refractivity contribution in [1.29, 1.82) is 0 Å². The third kappa shape index (κ3) is 1.90. The van der Waals surface area contributed by atoms with Gasteiger partial charge in [0.2, 0.25) is 0 Å². The third-order valence-corrected chi connectivity index (χ3v) is 3.18. The molecule has 1 aliphatic rings. The zero-order valence-corrected chi connectivity index (χ0v) is 10.3. The Morgan fingerprint density at radius 1 is 1.33 bits per heavy atom. The quantitative estimate of drug-likeness (QED) is 0.894. The van der Waals surface area contributed by atoms with Crippen molar-refractivity contribution in [2.45, 2.75) is 18.8 Å². The van der Waals surface area contributed by atoms with E-state index in [2.05, 4.69) is 10.4 Å². The number of hydrogen-bond acceptors (Lipinski definition) is 2. The van der Waals surface area contributed by atoms with Crippen LogP contribution in [0.4, 0.5) is 0 Å². The molecule has 0 aliphatic heterocycles. The number of hydrogen-bond donors (Lipinski definition) is 1. The zero-order valence-electron chi connectivity index (χ0n) is 10.3. The van der Waals surface area contributed by atoms with Crippen LogP contribution < -0.4 is 5.32 Å². The number of carbonyl (C=O) groups is 1. The summed E-state index contributed by atoms with van der Waals surface area (Å²) >= 11 is 0. The van der Waals surface area contributed by atoms with Gasteiger partial charge in [0.25, 0.3) is 5.91 Å². The lowest BCUT2D eigenvalue weighted by Gasteiger charge is -2.05. The van der Waals surface area contributed by atoms with E-state index in [1.54, 1.807) is 11.7 Å². The molecule has 3 rings (SSSR count). The molecule has 1 aromatic heterocycles. The molecule has 0 radical (unpaired) electrons. The molecule has 2 aromatic rings. The standard InChI is InChI=1S/C14H15N3O/c1-15-14(18)13-9-12(10-7-8-10)16-17(13)11-5-3-2-4-6-11/h2-6,9-10H,7-8H2,1H3,(H,15,18). The van der Waals surface area contributed by atoms with E-state index in [0.29, 0.717) is 11.6 Å². The Balaban J connectivity index is 2.08. The van der Waals surface area contributed by atoms with E-state index in [1.807, 2.05) is 36.4 Å². The Kier molecular flexibility index (Phi) is 2.63. The van der Waals surface area contributed by atoms with Crippen molar-refractivity contribution in [2.75, 3.05) is 7.05 Å². The van der Waals surface area contributed by atoms with Gasteiger partial charge < -0.3 is 5.32 Å². The molecule has 1 heterocycles. The minimum Gasteiger partial charge on any atom is -0.354 e. The summed E-state index contributed by atoms with van der Waals surface area (Å²) < 4.78 is 1.73. The van der Waals surface area contributed by atoms with Crippen LogP contribution in [0.3, 0.4) is 0 Å². The van der Waals surface area contributed by atoms with Gasteiger partial charge in [-0.25, -0.2) is 4.68 Å². The first-order valence-electron chi connectivity index (χ1n) is 6.17. The molecule has 1 N–H and O–H groups in total. The first-order valence-corrected chi connectivity index (χ1v) is 6.17. The summed E-state index contributed by atoms with van der Waals surface area (Å²) in [6.45, 7) is 0. The highest BCUT2D eigenvalue weighted by atomic mass is 16.1. The van der Waals surface area contributed by atoms with E-state index in [0.717, 1.165) is 11.4 Å². The van der Waals surface area contributed by atoms with Gasteiger partial charge in [-0.15, -0.1) is 0 Å². The molecule has 0 atom stereocenters. The average Bonchev–Trinajstić information content (AvgIpc) is 3.18. The lowest BCUT2D eigenvalue weighted by atomic mass is 10.2. The summed E-state index contributed by atoms with van der Waals surface area (Å²) in [6, 6.07) is 11.7. The summed E-state index contributed by atoms with van der Waals surface area (Å²) in [5.74, 6) is 0.441. The molecule has 0 unspecified atom stereocenters. The van der Waals surface area contributed by atoms with Gasteiger partial charge in [-0.3, -0.25) is 4.79 Å². The van der Waals surface area contributed by atoms with Crippen molar-refractivity contribution in [3.8, 4) is 5.69 Å². The van der Waals surface area contributed by atoms with E-state index >= 15 is 0 Å². The Bertz CT molecular complexity index is 570. The van der Waals surface area contributed by atoms with Crippen LogP contribution in [0.1, 0.15) is 34.9 Å². The van der Waals surface area contributed by atoms with Crippen LogP contribution in [-0.4, -0.2) is 22.7 Å². The van der Waals surface area contributed by atoms with Crippen molar-refractivity contribution in [1.82, 2.24) is 15.1 Å². The number of nitrogens with one attached hydrogen (secondary N) is 1. The van der Waals surface area contributed by atoms with E-state index < -0.39 is 0 Å². The van der Waals surface area contributed by atoms with Gasteiger partial charge in [0.15, 0.2) is 0 Å². The Hall–Kier alpha value is -2.10. The monoisotopic (exact) mass is 241 g/mol. The second-order valence-electron chi connectivity index (χ2n) is 4.56. The molecule has 1 aromatic carbocycles. The van der Waals surface area contributed by atoms with Crippen LogP contribution in [0, 0.1) is 0 Å². The highest BCUT2D eigenvalue weighted by Gasteiger charge is 2.28. The molecule has 1 amide bonds. The lowest BCUT2D eigenvalue weighted by Crippen LogP contribution is -2.21. The fraction of sp³-hybridized carbons (Fsp3) is 0.286. The van der Waals surface area contributed by atoms with Crippen molar-refractivity contribution >= 4 is 5.91 Å². The van der Waals surface area contributed by atoms with Crippen LogP contribution >= 0.6 is 0 Å². The van der Waals surface area contributed by atoms with Crippen molar-refractivity contribution < 1.29 is 4.79 Å². The van der Waals surface area contributed by atoms with Gasteiger partial charge in [0, 0.05) is 13.0 Å². The summed E-state index contributed by atoms with van der Waals surface area (Å²) in [5, 5.41) is 7.23. The second kappa shape index (κ2) is 4.29. The van der Waals surface area contributed by atoms with Crippen LogP contribution in [0.5, 0.6) is 0 Å². The topological polar surface area (TPSA) is 46.9 Å². The number of nitrogens with zero attached hydrogens (tertiary/aromatic N) is 2. The number of aromatic nitrogens is 2. The van der Waals surface area contributed by atoms with E-state index in [4.69, 9.17) is 0 Å². The largest absolute Gasteiger partial charge is 0.354 e. The maximum atomic E-state index is 11.9. The fourth-order valence-electron chi connectivity index (χ4n) is 2.03. The van der Waals surface area contributed by atoms with Gasteiger partial charge in [0.05, 0.1) is 11.4 Å². The van der Waals surface area contributed by atoms with Crippen LogP contribution in [0.2, 0.25) is 0 Å². The van der Waals surface area contributed by atoms with Crippen molar-refractivity contribution in [3.63, 3.8) is 0 Å². The van der Waals surface area contributed by atoms with Crippen LogP contribution in [0.25, 0.3) is 5.69 Å². The maximum absolute atomic E-state index is 11.9. The molecule has 1 aliphatic carbocycles. The summed E-state index contributed by atoms with van der Waals surface area (Å²) in [6.07, 6.45) is 2.36. The van der Waals surface area contributed by atoms with Crippen molar-refractivity contribution in [2.24, 2.45) is 0 Å². The molecule has 0 bridgehead atoms. The number of benzene rings is 1. The SMILES string of the molecule is CNC(=O)c1cc(C2CC2)nn1-c1ccccc1. The molecule has 0 spiro atoms. The average molecular weight is 241 g/mol. The number of carbonyl (C=O) groups excluding carboxylic acids is 1. The van der Waals surface area contributed by atoms with Crippen molar-refractivity contribution in [3.05, 3.63) is 47.8 Å². The van der Waals surface area contributed by atoms with Crippen LogP contribution in [0.15, 0.2) is 36.4 Å². The highest BCUT2D eigenvalue weighted by Crippen LogP contribution is 2.39. The minimum absolute atomic E-state index is 0.0988. The molecular formula is C14H15N3O. The fourth-order valence-corrected chi connectivity index (χ4v) is 2.03. The number of amides is 1. The molecule has 0 saturated heterocycles. The van der Waals surface area contributed by atoms with Gasteiger partial charge in [0.1, 0.15) is 5.69 Å². The van der Waals surface area contributed by atoms with E-state index in [9.17, 15) is 4.79 Å². The first kappa shape index (κ1) is 11.0. The predicted octanol–water partition coefficient (Wildman–Crippen LogP) is 2.11. The van der Waals surface area contributed by atoms with Gasteiger partial charge in [-0.1, -0.05) is 18.2 Å². The molecule has 92 valence electrons. The molecular weight excluding hydrogens is 226 g/mol. The van der Waals surface area contributed by atoms with Crippen LogP contribution in [-0.2, 0) is 0 Å².